The number of sulfonamides is 1. The molecule has 0 spiro atoms. The number of rotatable bonds is 5. The lowest BCUT2D eigenvalue weighted by Crippen LogP contribution is -2.41. The fourth-order valence-electron chi connectivity index (χ4n) is 2.98. The van der Waals surface area contributed by atoms with Crippen molar-refractivity contribution in [1.82, 2.24) is 4.72 Å². The normalized spacial score (nSPS) is 20.4. The second-order valence-electron chi connectivity index (χ2n) is 5.94. The van der Waals surface area contributed by atoms with Gasteiger partial charge in [0.15, 0.2) is 0 Å². The van der Waals surface area contributed by atoms with Crippen LogP contribution in [0.3, 0.4) is 0 Å². The lowest BCUT2D eigenvalue weighted by atomic mass is 9.92. The van der Waals surface area contributed by atoms with Gasteiger partial charge in [-0.1, -0.05) is 6.07 Å². The molecule has 110 valence electrons. The van der Waals surface area contributed by atoms with Crippen molar-refractivity contribution in [2.45, 2.75) is 49.5 Å². The van der Waals surface area contributed by atoms with E-state index < -0.39 is 10.0 Å². The van der Waals surface area contributed by atoms with Gasteiger partial charge < -0.3 is 5.73 Å². The van der Waals surface area contributed by atoms with Gasteiger partial charge in [0.2, 0.25) is 10.0 Å². The van der Waals surface area contributed by atoms with Crippen LogP contribution in [0.1, 0.15) is 36.8 Å². The fourth-order valence-corrected chi connectivity index (χ4v) is 4.35. The van der Waals surface area contributed by atoms with Crippen LogP contribution in [0.4, 0.5) is 0 Å². The Balaban J connectivity index is 1.83. The van der Waals surface area contributed by atoms with Crippen LogP contribution in [0.5, 0.6) is 0 Å². The summed E-state index contributed by atoms with van der Waals surface area (Å²) in [5.74, 6) is 0.424. The minimum Gasteiger partial charge on any atom is -0.329 e. The summed E-state index contributed by atoms with van der Waals surface area (Å²) in [4.78, 5) is 0.386. The van der Waals surface area contributed by atoms with Crippen molar-refractivity contribution in [3.8, 4) is 0 Å². The highest BCUT2D eigenvalue weighted by Crippen LogP contribution is 2.33. The molecule has 0 saturated heterocycles. The van der Waals surface area contributed by atoms with E-state index in [1.54, 1.807) is 6.07 Å². The van der Waals surface area contributed by atoms with E-state index >= 15 is 0 Å². The first-order valence-corrected chi connectivity index (χ1v) is 8.92. The Bertz CT molecular complexity index is 594. The summed E-state index contributed by atoms with van der Waals surface area (Å²) < 4.78 is 27.7. The van der Waals surface area contributed by atoms with Gasteiger partial charge in [-0.05, 0) is 67.7 Å². The standard InChI is InChI=1S/C15H22N2O2S/c16-10-15(12-5-6-12)17-20(18,19)14-8-7-11-3-1-2-4-13(11)9-14/h7-9,12,15,17H,1-6,10,16H2. The smallest absolute Gasteiger partial charge is 0.240 e. The van der Waals surface area contributed by atoms with E-state index in [9.17, 15) is 8.42 Å². The molecule has 4 nitrogen and oxygen atoms in total. The Morgan fingerprint density at radius 1 is 1.20 bits per heavy atom. The van der Waals surface area contributed by atoms with Crippen LogP contribution >= 0.6 is 0 Å². The molecule has 0 aliphatic heterocycles. The van der Waals surface area contributed by atoms with E-state index in [0.29, 0.717) is 17.4 Å². The van der Waals surface area contributed by atoms with Crippen LogP contribution in [0.2, 0.25) is 0 Å². The van der Waals surface area contributed by atoms with Gasteiger partial charge in [-0.2, -0.15) is 0 Å². The van der Waals surface area contributed by atoms with Crippen LogP contribution in [0.25, 0.3) is 0 Å². The van der Waals surface area contributed by atoms with Crippen molar-refractivity contribution in [1.29, 1.82) is 0 Å². The number of benzene rings is 1. The molecule has 2 aliphatic carbocycles. The summed E-state index contributed by atoms with van der Waals surface area (Å²) in [5.41, 5.74) is 8.17. The first-order chi connectivity index (χ1) is 9.60. The van der Waals surface area contributed by atoms with Gasteiger partial charge in [0.25, 0.3) is 0 Å². The Morgan fingerprint density at radius 3 is 2.55 bits per heavy atom. The van der Waals surface area contributed by atoms with Crippen LogP contribution in [0, 0.1) is 5.92 Å². The highest BCUT2D eigenvalue weighted by atomic mass is 32.2. The fraction of sp³-hybridized carbons (Fsp3) is 0.600. The minimum atomic E-state index is -3.44. The maximum atomic E-state index is 12.5. The SMILES string of the molecule is NCC(NS(=O)(=O)c1ccc2c(c1)CCCC2)C1CC1. The zero-order chi connectivity index (χ0) is 14.2. The first-order valence-electron chi connectivity index (χ1n) is 7.44. The Kier molecular flexibility index (Phi) is 3.84. The molecule has 1 unspecified atom stereocenters. The highest BCUT2D eigenvalue weighted by molar-refractivity contribution is 7.89. The third-order valence-electron chi connectivity index (χ3n) is 4.38. The average Bonchev–Trinajstić information content (AvgIpc) is 3.29. The molecule has 1 atom stereocenters. The monoisotopic (exact) mass is 294 g/mol. The molecule has 0 amide bonds. The molecule has 3 N–H and O–H groups in total. The minimum absolute atomic E-state index is 0.115. The summed E-state index contributed by atoms with van der Waals surface area (Å²) in [7, 11) is -3.44. The van der Waals surface area contributed by atoms with Crippen LogP contribution in [-0.4, -0.2) is 21.0 Å². The number of nitrogens with one attached hydrogen (secondary N) is 1. The lowest BCUT2D eigenvalue weighted by molar-refractivity contribution is 0.519. The zero-order valence-corrected chi connectivity index (χ0v) is 12.5. The molecule has 0 heterocycles. The Morgan fingerprint density at radius 2 is 1.90 bits per heavy atom. The molecule has 1 saturated carbocycles. The van der Waals surface area contributed by atoms with Crippen LogP contribution in [0.15, 0.2) is 23.1 Å². The van der Waals surface area contributed by atoms with Gasteiger partial charge in [-0.25, -0.2) is 13.1 Å². The van der Waals surface area contributed by atoms with Gasteiger partial charge in [0, 0.05) is 12.6 Å². The Labute approximate surface area is 120 Å². The molecule has 0 radical (unpaired) electrons. The largest absolute Gasteiger partial charge is 0.329 e. The van der Waals surface area contributed by atoms with Crippen molar-refractivity contribution in [3.05, 3.63) is 29.3 Å². The maximum Gasteiger partial charge on any atom is 0.240 e. The van der Waals surface area contributed by atoms with Crippen molar-refractivity contribution in [3.63, 3.8) is 0 Å². The number of hydrogen-bond acceptors (Lipinski definition) is 3. The van der Waals surface area contributed by atoms with Gasteiger partial charge in [0.05, 0.1) is 4.90 Å². The van der Waals surface area contributed by atoms with Gasteiger partial charge in [-0.3, -0.25) is 0 Å². The first kappa shape index (κ1) is 14.0. The highest BCUT2D eigenvalue weighted by Gasteiger charge is 2.33. The summed E-state index contributed by atoms with van der Waals surface area (Å²) in [6.45, 7) is 0.370. The predicted octanol–water partition coefficient (Wildman–Crippen LogP) is 1.58. The summed E-state index contributed by atoms with van der Waals surface area (Å²) in [6, 6.07) is 5.43. The molecule has 3 rings (SSSR count). The van der Waals surface area contributed by atoms with Gasteiger partial charge in [-0.15, -0.1) is 0 Å². The Hall–Kier alpha value is -0.910. The van der Waals surface area contributed by atoms with Crippen LogP contribution < -0.4 is 10.5 Å². The molecule has 20 heavy (non-hydrogen) atoms. The molecule has 0 aromatic heterocycles. The number of hydrogen-bond donors (Lipinski definition) is 2. The second-order valence-corrected chi connectivity index (χ2v) is 7.65. The number of nitrogens with two attached hydrogens (primary N) is 1. The van der Waals surface area contributed by atoms with Crippen molar-refractivity contribution in [2.75, 3.05) is 6.54 Å². The molecule has 0 bridgehead atoms. The number of fused-ring (bicyclic) bond motifs is 1. The van der Waals surface area contributed by atoms with Gasteiger partial charge >= 0.3 is 0 Å². The van der Waals surface area contributed by atoms with Gasteiger partial charge in [0.1, 0.15) is 0 Å². The van der Waals surface area contributed by atoms with E-state index in [2.05, 4.69) is 4.72 Å². The van der Waals surface area contributed by atoms with E-state index in [1.807, 2.05) is 12.1 Å². The molecular formula is C15H22N2O2S. The third kappa shape index (κ3) is 2.90. The predicted molar refractivity (Wildman–Crippen MR) is 79.0 cm³/mol. The maximum absolute atomic E-state index is 12.5. The molecule has 1 aromatic carbocycles. The quantitative estimate of drug-likeness (QED) is 0.866. The molecular weight excluding hydrogens is 272 g/mol. The van der Waals surface area contributed by atoms with E-state index in [0.717, 1.165) is 32.1 Å². The third-order valence-corrected chi connectivity index (χ3v) is 5.87. The second kappa shape index (κ2) is 5.47. The van der Waals surface area contributed by atoms with E-state index in [4.69, 9.17) is 5.73 Å². The van der Waals surface area contributed by atoms with Crippen molar-refractivity contribution in [2.24, 2.45) is 11.7 Å². The summed E-state index contributed by atoms with van der Waals surface area (Å²) in [6.07, 6.45) is 6.56. The molecule has 5 heteroatoms. The summed E-state index contributed by atoms with van der Waals surface area (Å²) in [5, 5.41) is 0. The van der Waals surface area contributed by atoms with Crippen LogP contribution in [-0.2, 0) is 22.9 Å². The molecule has 2 aliphatic rings. The lowest BCUT2D eigenvalue weighted by Gasteiger charge is -2.19. The topological polar surface area (TPSA) is 72.2 Å². The van der Waals surface area contributed by atoms with E-state index in [-0.39, 0.29) is 6.04 Å². The molecule has 1 fully saturated rings. The van der Waals surface area contributed by atoms with Crippen molar-refractivity contribution < 1.29 is 8.42 Å². The van der Waals surface area contributed by atoms with Crippen molar-refractivity contribution >= 4 is 10.0 Å². The average molecular weight is 294 g/mol. The zero-order valence-electron chi connectivity index (χ0n) is 11.6. The number of aryl methyl sites for hydroxylation is 2. The summed E-state index contributed by atoms with van der Waals surface area (Å²) >= 11 is 0. The van der Waals surface area contributed by atoms with E-state index in [1.165, 1.54) is 17.5 Å². The molecule has 1 aromatic rings.